The molecule has 0 spiro atoms. The number of carbonyl (C=O) groups is 2. The SMILES string of the molecule is CC(=O)CC1c2ccccc2C(=O)N1Cc1cccs1. The largest absolute Gasteiger partial charge is 0.326 e. The van der Waals surface area contributed by atoms with E-state index in [9.17, 15) is 9.59 Å². The second-order valence-electron chi connectivity index (χ2n) is 5.02. The summed E-state index contributed by atoms with van der Waals surface area (Å²) < 4.78 is 0. The Morgan fingerprint density at radius 3 is 2.75 bits per heavy atom. The van der Waals surface area contributed by atoms with Crippen molar-refractivity contribution in [1.82, 2.24) is 4.90 Å². The highest BCUT2D eigenvalue weighted by molar-refractivity contribution is 7.09. The molecule has 3 nitrogen and oxygen atoms in total. The summed E-state index contributed by atoms with van der Waals surface area (Å²) in [5.41, 5.74) is 1.71. The van der Waals surface area contributed by atoms with Gasteiger partial charge in [-0.1, -0.05) is 24.3 Å². The molecule has 1 aromatic carbocycles. The van der Waals surface area contributed by atoms with Crippen LogP contribution in [0, 0.1) is 0 Å². The highest BCUT2D eigenvalue weighted by Crippen LogP contribution is 2.37. The monoisotopic (exact) mass is 285 g/mol. The van der Waals surface area contributed by atoms with E-state index in [1.807, 2.05) is 46.7 Å². The van der Waals surface area contributed by atoms with Crippen molar-refractivity contribution in [3.05, 3.63) is 57.8 Å². The molecule has 0 aliphatic carbocycles. The van der Waals surface area contributed by atoms with Gasteiger partial charge in [-0.15, -0.1) is 11.3 Å². The van der Waals surface area contributed by atoms with Gasteiger partial charge in [0.2, 0.25) is 0 Å². The number of thiophene rings is 1. The third-order valence-corrected chi connectivity index (χ3v) is 4.44. The van der Waals surface area contributed by atoms with Crippen molar-refractivity contribution in [3.8, 4) is 0 Å². The second-order valence-corrected chi connectivity index (χ2v) is 6.05. The number of Topliss-reactive ketones (excluding diaryl/α,β-unsaturated/α-hetero) is 1. The highest BCUT2D eigenvalue weighted by atomic mass is 32.1. The quantitative estimate of drug-likeness (QED) is 0.863. The van der Waals surface area contributed by atoms with E-state index >= 15 is 0 Å². The Balaban J connectivity index is 1.96. The number of ketones is 1. The maximum atomic E-state index is 12.5. The number of carbonyl (C=O) groups excluding carboxylic acids is 2. The van der Waals surface area contributed by atoms with Crippen molar-refractivity contribution in [2.45, 2.75) is 25.9 Å². The number of nitrogens with zero attached hydrogens (tertiary/aromatic N) is 1. The summed E-state index contributed by atoms with van der Waals surface area (Å²) in [6.07, 6.45) is 0.383. The lowest BCUT2D eigenvalue weighted by atomic mass is 10.0. The standard InChI is InChI=1S/C16H15NO2S/c1-11(18)9-15-13-6-2-3-7-14(13)16(19)17(15)10-12-5-4-8-20-12/h2-8,15H,9-10H2,1H3. The minimum absolute atomic E-state index is 0.0280. The van der Waals surface area contributed by atoms with Crippen molar-refractivity contribution in [2.75, 3.05) is 0 Å². The Bertz CT molecular complexity index is 648. The minimum Gasteiger partial charge on any atom is -0.326 e. The fourth-order valence-electron chi connectivity index (χ4n) is 2.69. The third-order valence-electron chi connectivity index (χ3n) is 3.57. The van der Waals surface area contributed by atoms with E-state index in [-0.39, 0.29) is 17.7 Å². The molecule has 102 valence electrons. The van der Waals surface area contributed by atoms with E-state index in [4.69, 9.17) is 0 Å². The number of hydrogen-bond acceptors (Lipinski definition) is 3. The normalized spacial score (nSPS) is 17.4. The molecule has 0 saturated carbocycles. The van der Waals surface area contributed by atoms with Crippen LogP contribution < -0.4 is 0 Å². The molecule has 0 fully saturated rings. The van der Waals surface area contributed by atoms with Crippen LogP contribution in [0.2, 0.25) is 0 Å². The van der Waals surface area contributed by atoms with Crippen LogP contribution in [0.1, 0.15) is 40.2 Å². The average molecular weight is 285 g/mol. The molecular formula is C16H15NO2S. The molecule has 2 heterocycles. The van der Waals surface area contributed by atoms with Crippen molar-refractivity contribution >= 4 is 23.0 Å². The summed E-state index contributed by atoms with van der Waals surface area (Å²) in [6, 6.07) is 11.5. The van der Waals surface area contributed by atoms with E-state index in [1.165, 1.54) is 0 Å². The molecule has 4 heteroatoms. The van der Waals surface area contributed by atoms with Crippen LogP contribution in [0.15, 0.2) is 41.8 Å². The van der Waals surface area contributed by atoms with Gasteiger partial charge in [-0.25, -0.2) is 0 Å². The highest BCUT2D eigenvalue weighted by Gasteiger charge is 2.36. The first-order valence-corrected chi connectivity index (χ1v) is 7.46. The molecule has 20 heavy (non-hydrogen) atoms. The summed E-state index contributed by atoms with van der Waals surface area (Å²) >= 11 is 1.63. The third kappa shape index (κ3) is 2.27. The van der Waals surface area contributed by atoms with Crippen LogP contribution in [0.25, 0.3) is 0 Å². The average Bonchev–Trinajstić information content (AvgIpc) is 3.02. The lowest BCUT2D eigenvalue weighted by Crippen LogP contribution is -2.28. The van der Waals surface area contributed by atoms with Gasteiger partial charge in [0.05, 0.1) is 12.6 Å². The molecule has 1 atom stereocenters. The summed E-state index contributed by atoms with van der Waals surface area (Å²) in [5, 5.41) is 2.00. The second kappa shape index (κ2) is 5.21. The van der Waals surface area contributed by atoms with E-state index in [2.05, 4.69) is 0 Å². The van der Waals surface area contributed by atoms with Gasteiger partial charge in [0.1, 0.15) is 5.78 Å². The molecule has 0 N–H and O–H groups in total. The van der Waals surface area contributed by atoms with Gasteiger partial charge in [-0.05, 0) is 30.0 Å². The summed E-state index contributed by atoms with van der Waals surface area (Å²) in [7, 11) is 0. The Morgan fingerprint density at radius 1 is 1.25 bits per heavy atom. The maximum absolute atomic E-state index is 12.5. The van der Waals surface area contributed by atoms with Crippen LogP contribution in [0.5, 0.6) is 0 Å². The molecule has 0 saturated heterocycles. The Morgan fingerprint density at radius 2 is 2.05 bits per heavy atom. The van der Waals surface area contributed by atoms with Gasteiger partial charge in [-0.3, -0.25) is 9.59 Å². The fourth-order valence-corrected chi connectivity index (χ4v) is 3.39. The fraction of sp³-hybridized carbons (Fsp3) is 0.250. The first kappa shape index (κ1) is 13.1. The van der Waals surface area contributed by atoms with Gasteiger partial charge in [-0.2, -0.15) is 0 Å². The lowest BCUT2D eigenvalue weighted by Gasteiger charge is -2.24. The molecule has 2 aromatic rings. The van der Waals surface area contributed by atoms with E-state index < -0.39 is 0 Å². The van der Waals surface area contributed by atoms with E-state index in [1.54, 1.807) is 18.3 Å². The van der Waals surface area contributed by atoms with E-state index in [0.29, 0.717) is 13.0 Å². The smallest absolute Gasteiger partial charge is 0.255 e. The summed E-state index contributed by atoms with van der Waals surface area (Å²) in [6.45, 7) is 2.15. The maximum Gasteiger partial charge on any atom is 0.255 e. The number of fused-ring (bicyclic) bond motifs is 1. The predicted octanol–water partition coefficient (Wildman–Crippen LogP) is 3.42. The topological polar surface area (TPSA) is 37.4 Å². The first-order valence-electron chi connectivity index (χ1n) is 6.58. The Kier molecular flexibility index (Phi) is 3.40. The Labute approximate surface area is 121 Å². The zero-order valence-corrected chi connectivity index (χ0v) is 12.0. The summed E-state index contributed by atoms with van der Waals surface area (Å²) in [4.78, 5) is 27.0. The van der Waals surface area contributed by atoms with Gasteiger partial charge >= 0.3 is 0 Å². The van der Waals surface area contributed by atoms with Gasteiger partial charge in [0.25, 0.3) is 5.91 Å². The zero-order valence-electron chi connectivity index (χ0n) is 11.2. The predicted molar refractivity (Wildman–Crippen MR) is 78.7 cm³/mol. The van der Waals surface area contributed by atoms with Crippen LogP contribution in [0.3, 0.4) is 0 Å². The number of hydrogen-bond donors (Lipinski definition) is 0. The molecule has 1 unspecified atom stereocenters. The van der Waals surface area contributed by atoms with Crippen molar-refractivity contribution < 1.29 is 9.59 Å². The van der Waals surface area contributed by atoms with Gasteiger partial charge in [0, 0.05) is 16.9 Å². The van der Waals surface area contributed by atoms with Crippen LogP contribution in [0.4, 0.5) is 0 Å². The van der Waals surface area contributed by atoms with Crippen molar-refractivity contribution in [2.24, 2.45) is 0 Å². The zero-order chi connectivity index (χ0) is 14.1. The Hall–Kier alpha value is -1.94. The van der Waals surface area contributed by atoms with Crippen LogP contribution in [-0.4, -0.2) is 16.6 Å². The number of benzene rings is 1. The number of rotatable bonds is 4. The van der Waals surface area contributed by atoms with Crippen molar-refractivity contribution in [3.63, 3.8) is 0 Å². The number of amides is 1. The lowest BCUT2D eigenvalue weighted by molar-refractivity contribution is -0.118. The van der Waals surface area contributed by atoms with Gasteiger partial charge in [0.15, 0.2) is 0 Å². The minimum atomic E-state index is -0.127. The summed E-state index contributed by atoms with van der Waals surface area (Å²) in [5.74, 6) is 0.135. The van der Waals surface area contributed by atoms with E-state index in [0.717, 1.165) is 16.0 Å². The molecule has 0 radical (unpaired) electrons. The van der Waals surface area contributed by atoms with Gasteiger partial charge < -0.3 is 4.90 Å². The first-order chi connectivity index (χ1) is 9.66. The van der Waals surface area contributed by atoms with Crippen LogP contribution >= 0.6 is 11.3 Å². The van der Waals surface area contributed by atoms with Crippen LogP contribution in [-0.2, 0) is 11.3 Å². The molecular weight excluding hydrogens is 270 g/mol. The molecule has 3 rings (SSSR count). The molecule has 1 aliphatic heterocycles. The molecule has 0 bridgehead atoms. The molecule has 1 amide bonds. The molecule has 1 aliphatic rings. The van der Waals surface area contributed by atoms with Crippen molar-refractivity contribution in [1.29, 1.82) is 0 Å². The molecule has 1 aromatic heterocycles.